The van der Waals surface area contributed by atoms with E-state index in [0.29, 0.717) is 28.8 Å². The number of halogens is 1. The summed E-state index contributed by atoms with van der Waals surface area (Å²) in [4.78, 5) is 35.3. The smallest absolute Gasteiger partial charge is 0.349 e. The number of fused-ring (bicyclic) bond motifs is 4. The summed E-state index contributed by atoms with van der Waals surface area (Å²) in [6.07, 6.45) is 0. The Hall–Kier alpha value is -3.26. The van der Waals surface area contributed by atoms with Gasteiger partial charge in [0, 0.05) is 23.5 Å². The van der Waals surface area contributed by atoms with Crippen molar-refractivity contribution in [3.63, 3.8) is 0 Å². The van der Waals surface area contributed by atoms with Crippen molar-refractivity contribution in [2.75, 3.05) is 31.1 Å². The number of hydrogen-bond donors (Lipinski definition) is 0. The summed E-state index contributed by atoms with van der Waals surface area (Å²) in [6.45, 7) is 6.92. The van der Waals surface area contributed by atoms with Gasteiger partial charge in [0.05, 0.1) is 10.2 Å². The first kappa shape index (κ1) is 23.5. The fourth-order valence-corrected chi connectivity index (χ4v) is 5.50. The number of amides is 1. The number of nitrogens with zero attached hydrogens (tertiary/aromatic N) is 3. The Morgan fingerprint density at radius 1 is 1.00 bits per heavy atom. The van der Waals surface area contributed by atoms with E-state index in [1.165, 1.54) is 11.3 Å². The van der Waals surface area contributed by atoms with Crippen LogP contribution < -0.4 is 10.5 Å². The molecule has 0 unspecified atom stereocenters. The van der Waals surface area contributed by atoms with Gasteiger partial charge in [0.2, 0.25) is 0 Å². The zero-order valence-electron chi connectivity index (χ0n) is 19.5. The standard InChI is InChI=1S/C27H24ClN3O3S/c1-3-30(4-2)13-14-31(27-29-22-11-10-18(28)15-24(22)35-27)25(32)21-16-20-19-8-6-5-7-17(19)9-12-23(20)34-26(21)33/h5-12,15-16H,3-4,13-14H2,1-2H3. The van der Waals surface area contributed by atoms with E-state index in [-0.39, 0.29) is 5.56 Å². The third-order valence-corrected chi connectivity index (χ3v) is 7.50. The predicted molar refractivity (Wildman–Crippen MR) is 144 cm³/mol. The van der Waals surface area contributed by atoms with Gasteiger partial charge in [-0.05, 0) is 54.2 Å². The van der Waals surface area contributed by atoms with Crippen molar-refractivity contribution < 1.29 is 9.21 Å². The minimum absolute atomic E-state index is 0.00862. The lowest BCUT2D eigenvalue weighted by molar-refractivity contribution is 0.0980. The molecule has 0 atom stereocenters. The summed E-state index contributed by atoms with van der Waals surface area (Å²) in [6, 6.07) is 18.6. The molecule has 1 amide bonds. The molecule has 0 radical (unpaired) electrons. The number of likely N-dealkylation sites (N-methyl/N-ethyl adjacent to an activating group) is 1. The van der Waals surface area contributed by atoms with Gasteiger partial charge >= 0.3 is 5.63 Å². The summed E-state index contributed by atoms with van der Waals surface area (Å²) in [5, 5.41) is 3.79. The van der Waals surface area contributed by atoms with Gasteiger partial charge in [-0.25, -0.2) is 9.78 Å². The molecule has 0 bridgehead atoms. The summed E-state index contributed by atoms with van der Waals surface area (Å²) < 4.78 is 6.48. The predicted octanol–water partition coefficient (Wildman–Crippen LogP) is 6.20. The van der Waals surface area contributed by atoms with Crippen LogP contribution in [0.5, 0.6) is 0 Å². The molecule has 2 aromatic heterocycles. The number of anilines is 1. The van der Waals surface area contributed by atoms with Gasteiger partial charge in [0.15, 0.2) is 5.13 Å². The Bertz CT molecular complexity index is 1610. The van der Waals surface area contributed by atoms with Crippen LogP contribution in [0.3, 0.4) is 0 Å². The van der Waals surface area contributed by atoms with E-state index >= 15 is 0 Å². The topological polar surface area (TPSA) is 66.7 Å². The van der Waals surface area contributed by atoms with Crippen LogP contribution >= 0.6 is 22.9 Å². The molecule has 0 spiro atoms. The van der Waals surface area contributed by atoms with Crippen molar-refractivity contribution in [1.82, 2.24) is 9.88 Å². The van der Waals surface area contributed by atoms with Crippen molar-refractivity contribution in [2.24, 2.45) is 0 Å². The molecule has 5 aromatic rings. The average molecular weight is 506 g/mol. The third-order valence-electron chi connectivity index (χ3n) is 6.22. The zero-order valence-corrected chi connectivity index (χ0v) is 21.0. The molecule has 0 fully saturated rings. The first-order valence-electron chi connectivity index (χ1n) is 11.5. The second-order valence-electron chi connectivity index (χ2n) is 8.24. The molecular formula is C27H24ClN3O3S. The third kappa shape index (κ3) is 4.55. The summed E-state index contributed by atoms with van der Waals surface area (Å²) in [5.41, 5.74) is 0.543. The summed E-state index contributed by atoms with van der Waals surface area (Å²) in [7, 11) is 0. The van der Waals surface area contributed by atoms with Crippen LogP contribution in [0.15, 0.2) is 69.9 Å². The molecule has 3 aromatic carbocycles. The van der Waals surface area contributed by atoms with Crippen LogP contribution in [0.2, 0.25) is 5.02 Å². The number of carbonyl (C=O) groups is 1. The quantitative estimate of drug-likeness (QED) is 0.195. The Kier molecular flexibility index (Phi) is 6.56. The van der Waals surface area contributed by atoms with Gasteiger partial charge in [0.1, 0.15) is 11.1 Å². The molecular weight excluding hydrogens is 482 g/mol. The van der Waals surface area contributed by atoms with Crippen LogP contribution in [-0.2, 0) is 0 Å². The number of aromatic nitrogens is 1. The summed E-state index contributed by atoms with van der Waals surface area (Å²) >= 11 is 7.55. The minimum atomic E-state index is -0.658. The van der Waals surface area contributed by atoms with Crippen LogP contribution in [0, 0.1) is 0 Å². The Morgan fingerprint density at radius 2 is 1.80 bits per heavy atom. The normalized spacial score (nSPS) is 11.7. The van der Waals surface area contributed by atoms with E-state index < -0.39 is 11.5 Å². The molecule has 35 heavy (non-hydrogen) atoms. The number of thiazole rings is 1. The highest BCUT2D eigenvalue weighted by atomic mass is 35.5. The molecule has 5 rings (SSSR count). The van der Waals surface area contributed by atoms with Crippen molar-refractivity contribution in [3.05, 3.63) is 81.7 Å². The highest BCUT2D eigenvalue weighted by molar-refractivity contribution is 7.22. The lowest BCUT2D eigenvalue weighted by Crippen LogP contribution is -2.40. The number of hydrogen-bond acceptors (Lipinski definition) is 6. The molecule has 0 aliphatic heterocycles. The first-order valence-corrected chi connectivity index (χ1v) is 12.7. The number of rotatable bonds is 7. The van der Waals surface area contributed by atoms with Gasteiger partial charge in [-0.3, -0.25) is 9.69 Å². The maximum absolute atomic E-state index is 13.9. The van der Waals surface area contributed by atoms with Gasteiger partial charge in [-0.1, -0.05) is 67.1 Å². The molecule has 0 aliphatic carbocycles. The lowest BCUT2D eigenvalue weighted by atomic mass is 10.0. The van der Waals surface area contributed by atoms with Crippen molar-refractivity contribution >= 4 is 65.9 Å². The van der Waals surface area contributed by atoms with E-state index in [1.54, 1.807) is 23.1 Å². The molecule has 0 saturated heterocycles. The van der Waals surface area contributed by atoms with E-state index in [4.69, 9.17) is 16.0 Å². The maximum Gasteiger partial charge on any atom is 0.349 e. The maximum atomic E-state index is 13.9. The SMILES string of the molecule is CCN(CC)CCN(C(=O)c1cc2c(ccc3ccccc32)oc1=O)c1nc2ccc(Cl)cc2s1. The Balaban J connectivity index is 1.62. The first-order chi connectivity index (χ1) is 17.0. The molecule has 0 aliphatic rings. The van der Waals surface area contributed by atoms with Crippen LogP contribution in [0.25, 0.3) is 32.0 Å². The lowest BCUT2D eigenvalue weighted by Gasteiger charge is -2.24. The van der Waals surface area contributed by atoms with Gasteiger partial charge in [0.25, 0.3) is 5.91 Å². The van der Waals surface area contributed by atoms with Gasteiger partial charge in [-0.15, -0.1) is 0 Å². The molecule has 8 heteroatoms. The van der Waals surface area contributed by atoms with E-state index in [2.05, 4.69) is 23.7 Å². The van der Waals surface area contributed by atoms with Crippen LogP contribution in [0.4, 0.5) is 5.13 Å². The van der Waals surface area contributed by atoms with E-state index in [1.807, 2.05) is 42.5 Å². The molecule has 6 nitrogen and oxygen atoms in total. The van der Waals surface area contributed by atoms with Gasteiger partial charge in [-0.2, -0.15) is 0 Å². The minimum Gasteiger partial charge on any atom is -0.422 e. The van der Waals surface area contributed by atoms with Crippen LogP contribution in [-0.4, -0.2) is 42.0 Å². The van der Waals surface area contributed by atoms with Crippen molar-refractivity contribution in [1.29, 1.82) is 0 Å². The van der Waals surface area contributed by atoms with Crippen molar-refractivity contribution in [2.45, 2.75) is 13.8 Å². The fourth-order valence-electron chi connectivity index (χ4n) is 4.23. The fraction of sp³-hybridized carbons (Fsp3) is 0.222. The molecule has 0 saturated carbocycles. The van der Waals surface area contributed by atoms with E-state index in [9.17, 15) is 9.59 Å². The highest BCUT2D eigenvalue weighted by Gasteiger charge is 2.25. The Morgan fingerprint density at radius 3 is 2.60 bits per heavy atom. The highest BCUT2D eigenvalue weighted by Crippen LogP contribution is 2.32. The van der Waals surface area contributed by atoms with Crippen molar-refractivity contribution in [3.8, 4) is 0 Å². The zero-order chi connectivity index (χ0) is 24.5. The Labute approximate surface area is 211 Å². The number of benzene rings is 3. The second kappa shape index (κ2) is 9.77. The second-order valence-corrected chi connectivity index (χ2v) is 9.68. The van der Waals surface area contributed by atoms with Gasteiger partial charge < -0.3 is 9.32 Å². The van der Waals surface area contributed by atoms with Crippen LogP contribution in [0.1, 0.15) is 24.2 Å². The largest absolute Gasteiger partial charge is 0.422 e. The average Bonchev–Trinajstić information content (AvgIpc) is 3.28. The molecule has 0 N–H and O–H groups in total. The molecule has 2 heterocycles. The monoisotopic (exact) mass is 505 g/mol. The molecule has 178 valence electrons. The summed E-state index contributed by atoms with van der Waals surface area (Å²) in [5.74, 6) is -0.425. The number of carbonyl (C=O) groups excluding carboxylic acids is 1. The van der Waals surface area contributed by atoms with E-state index in [0.717, 1.165) is 39.5 Å².